The zero-order chi connectivity index (χ0) is 23.2. The average Bonchev–Trinajstić information content (AvgIpc) is 3.24. The number of carbonyl (C=O) groups excluding carboxylic acids is 1. The van der Waals surface area contributed by atoms with E-state index in [0.717, 1.165) is 43.5 Å². The third-order valence-electron chi connectivity index (χ3n) is 6.04. The first-order valence-electron chi connectivity index (χ1n) is 11.9. The summed E-state index contributed by atoms with van der Waals surface area (Å²) in [4.78, 5) is 19.8. The quantitative estimate of drug-likeness (QED) is 0.468. The van der Waals surface area contributed by atoms with Crippen LogP contribution in [0, 0.1) is 5.92 Å². The Morgan fingerprint density at radius 1 is 0.970 bits per heavy atom. The Bertz CT molecular complexity index is 1060. The number of nitrogens with zero attached hydrogens (tertiary/aromatic N) is 3. The van der Waals surface area contributed by atoms with E-state index in [2.05, 4.69) is 15.6 Å². The van der Waals surface area contributed by atoms with Gasteiger partial charge in [0.25, 0.3) is 5.91 Å². The summed E-state index contributed by atoms with van der Waals surface area (Å²) in [6.45, 7) is 9.60. The molecule has 3 aromatic rings. The molecule has 7 heteroatoms. The van der Waals surface area contributed by atoms with Gasteiger partial charge in [-0.2, -0.15) is 0 Å². The third-order valence-corrected chi connectivity index (χ3v) is 6.04. The smallest absolute Gasteiger partial charge is 0.254 e. The average molecular weight is 452 g/mol. The first-order valence-corrected chi connectivity index (χ1v) is 11.9. The number of para-hydroxylation sites is 2. The summed E-state index contributed by atoms with van der Waals surface area (Å²) < 4.78 is 19.6. The SMILES string of the molecule is CCOc1cc(C(=O)N2CCC(Cn3cnc4ccccc43)CC2)cc(OCC)c1OCC. The van der Waals surface area contributed by atoms with Gasteiger partial charge in [-0.15, -0.1) is 0 Å². The topological polar surface area (TPSA) is 65.8 Å². The predicted octanol–water partition coefficient (Wildman–Crippen LogP) is 4.78. The Morgan fingerprint density at radius 3 is 2.24 bits per heavy atom. The molecule has 0 atom stereocenters. The molecule has 0 unspecified atom stereocenters. The molecule has 1 aliphatic heterocycles. The van der Waals surface area contributed by atoms with Crippen molar-refractivity contribution in [1.82, 2.24) is 14.5 Å². The molecule has 33 heavy (non-hydrogen) atoms. The number of piperidine rings is 1. The number of carbonyl (C=O) groups is 1. The normalized spacial score (nSPS) is 14.5. The molecule has 0 N–H and O–H groups in total. The van der Waals surface area contributed by atoms with E-state index >= 15 is 0 Å². The number of imidazole rings is 1. The molecule has 0 saturated carbocycles. The fourth-order valence-electron chi connectivity index (χ4n) is 4.45. The molecule has 0 bridgehead atoms. The van der Waals surface area contributed by atoms with Crippen molar-refractivity contribution in [2.45, 2.75) is 40.2 Å². The Kier molecular flexibility index (Phi) is 7.37. The molecule has 1 amide bonds. The lowest BCUT2D eigenvalue weighted by Gasteiger charge is -2.32. The number of amides is 1. The number of hydrogen-bond acceptors (Lipinski definition) is 5. The van der Waals surface area contributed by atoms with Crippen molar-refractivity contribution in [3.05, 3.63) is 48.3 Å². The largest absolute Gasteiger partial charge is 0.490 e. The highest BCUT2D eigenvalue weighted by atomic mass is 16.5. The lowest BCUT2D eigenvalue weighted by Crippen LogP contribution is -2.39. The summed E-state index contributed by atoms with van der Waals surface area (Å²) in [6, 6.07) is 11.8. The van der Waals surface area contributed by atoms with E-state index in [1.54, 1.807) is 12.1 Å². The second-order valence-corrected chi connectivity index (χ2v) is 8.22. The van der Waals surface area contributed by atoms with Gasteiger partial charge >= 0.3 is 0 Å². The van der Waals surface area contributed by atoms with Crippen molar-refractivity contribution in [3.8, 4) is 17.2 Å². The maximum Gasteiger partial charge on any atom is 0.254 e. The van der Waals surface area contributed by atoms with Crippen molar-refractivity contribution < 1.29 is 19.0 Å². The maximum atomic E-state index is 13.3. The molecule has 0 spiro atoms. The minimum absolute atomic E-state index is 0.00600. The first-order chi connectivity index (χ1) is 16.1. The highest BCUT2D eigenvalue weighted by Gasteiger charge is 2.26. The highest BCUT2D eigenvalue weighted by molar-refractivity contribution is 5.95. The first kappa shape index (κ1) is 23.0. The summed E-state index contributed by atoms with van der Waals surface area (Å²) in [5.41, 5.74) is 2.76. The van der Waals surface area contributed by atoms with E-state index in [0.29, 0.717) is 48.6 Å². The molecule has 7 nitrogen and oxygen atoms in total. The van der Waals surface area contributed by atoms with E-state index < -0.39 is 0 Å². The van der Waals surface area contributed by atoms with E-state index in [1.165, 1.54) is 0 Å². The molecule has 2 heterocycles. The molecule has 176 valence electrons. The zero-order valence-electron chi connectivity index (χ0n) is 19.8. The lowest BCUT2D eigenvalue weighted by molar-refractivity contribution is 0.0682. The molecule has 2 aromatic carbocycles. The van der Waals surface area contributed by atoms with Gasteiger partial charge in [-0.25, -0.2) is 4.98 Å². The summed E-state index contributed by atoms with van der Waals surface area (Å²) in [7, 11) is 0. The van der Waals surface area contributed by atoms with Crippen molar-refractivity contribution in [1.29, 1.82) is 0 Å². The predicted molar refractivity (Wildman–Crippen MR) is 128 cm³/mol. The molecule has 1 fully saturated rings. The number of fused-ring (bicyclic) bond motifs is 1. The van der Waals surface area contributed by atoms with Gasteiger partial charge in [-0.05, 0) is 63.8 Å². The van der Waals surface area contributed by atoms with Gasteiger partial charge in [-0.1, -0.05) is 12.1 Å². The Balaban J connectivity index is 1.45. The van der Waals surface area contributed by atoms with Crippen LogP contribution in [-0.4, -0.2) is 53.3 Å². The van der Waals surface area contributed by atoms with E-state index in [9.17, 15) is 4.79 Å². The molecule has 0 radical (unpaired) electrons. The van der Waals surface area contributed by atoms with Crippen LogP contribution in [-0.2, 0) is 6.54 Å². The summed E-state index contributed by atoms with van der Waals surface area (Å²) in [5, 5.41) is 0. The van der Waals surface area contributed by atoms with Gasteiger partial charge in [0, 0.05) is 25.2 Å². The van der Waals surface area contributed by atoms with Crippen molar-refractivity contribution >= 4 is 16.9 Å². The van der Waals surface area contributed by atoms with Crippen molar-refractivity contribution in [2.24, 2.45) is 5.92 Å². The van der Waals surface area contributed by atoms with Crippen LogP contribution < -0.4 is 14.2 Å². The number of aromatic nitrogens is 2. The Morgan fingerprint density at radius 2 is 1.61 bits per heavy atom. The second-order valence-electron chi connectivity index (χ2n) is 8.22. The fraction of sp³-hybridized carbons (Fsp3) is 0.462. The van der Waals surface area contributed by atoms with Gasteiger partial charge in [0.2, 0.25) is 5.75 Å². The van der Waals surface area contributed by atoms with Crippen molar-refractivity contribution in [2.75, 3.05) is 32.9 Å². The van der Waals surface area contributed by atoms with Crippen LogP contribution >= 0.6 is 0 Å². The zero-order valence-corrected chi connectivity index (χ0v) is 19.8. The Labute approximate surface area is 195 Å². The van der Waals surface area contributed by atoms with Gasteiger partial charge in [0.15, 0.2) is 11.5 Å². The molecule has 1 aromatic heterocycles. The molecular weight excluding hydrogens is 418 g/mol. The summed E-state index contributed by atoms with van der Waals surface area (Å²) in [6.07, 6.45) is 3.85. The summed E-state index contributed by atoms with van der Waals surface area (Å²) in [5.74, 6) is 2.19. The van der Waals surface area contributed by atoms with Crippen LogP contribution in [0.1, 0.15) is 44.0 Å². The van der Waals surface area contributed by atoms with Crippen LogP contribution in [0.25, 0.3) is 11.0 Å². The van der Waals surface area contributed by atoms with Crippen LogP contribution in [0.4, 0.5) is 0 Å². The third kappa shape index (κ3) is 5.07. The molecule has 1 saturated heterocycles. The number of rotatable bonds is 9. The number of ether oxygens (including phenoxy) is 3. The van der Waals surface area contributed by atoms with Crippen LogP contribution in [0.15, 0.2) is 42.7 Å². The van der Waals surface area contributed by atoms with Gasteiger partial charge in [0.1, 0.15) is 0 Å². The molecule has 0 aliphatic carbocycles. The van der Waals surface area contributed by atoms with E-state index in [1.807, 2.05) is 50.2 Å². The van der Waals surface area contributed by atoms with Crippen LogP contribution in [0.3, 0.4) is 0 Å². The minimum atomic E-state index is 0.00600. The van der Waals surface area contributed by atoms with Crippen LogP contribution in [0.5, 0.6) is 17.2 Å². The standard InChI is InChI=1S/C26H33N3O4/c1-4-31-23-15-20(16-24(32-5-2)25(23)33-6-3)26(30)28-13-11-19(12-14-28)17-29-18-27-21-9-7-8-10-22(21)29/h7-10,15-16,18-19H,4-6,11-14,17H2,1-3H3. The van der Waals surface area contributed by atoms with E-state index in [-0.39, 0.29) is 5.91 Å². The summed E-state index contributed by atoms with van der Waals surface area (Å²) >= 11 is 0. The van der Waals surface area contributed by atoms with E-state index in [4.69, 9.17) is 14.2 Å². The minimum Gasteiger partial charge on any atom is -0.490 e. The molecule has 4 rings (SSSR count). The number of hydrogen-bond donors (Lipinski definition) is 0. The van der Waals surface area contributed by atoms with Gasteiger partial charge < -0.3 is 23.7 Å². The molecule has 1 aliphatic rings. The van der Waals surface area contributed by atoms with Crippen molar-refractivity contribution in [3.63, 3.8) is 0 Å². The molecular formula is C26H33N3O4. The fourth-order valence-corrected chi connectivity index (χ4v) is 4.45. The van der Waals surface area contributed by atoms with Gasteiger partial charge in [0.05, 0.1) is 37.2 Å². The van der Waals surface area contributed by atoms with Crippen LogP contribution in [0.2, 0.25) is 0 Å². The maximum absolute atomic E-state index is 13.3. The lowest BCUT2D eigenvalue weighted by atomic mass is 9.96. The number of likely N-dealkylation sites (tertiary alicyclic amines) is 1. The number of benzene rings is 2. The second kappa shape index (κ2) is 10.6. The Hall–Kier alpha value is -3.22. The van der Waals surface area contributed by atoms with Gasteiger partial charge in [-0.3, -0.25) is 4.79 Å². The highest BCUT2D eigenvalue weighted by Crippen LogP contribution is 2.39. The monoisotopic (exact) mass is 451 g/mol.